The van der Waals surface area contributed by atoms with Crippen molar-refractivity contribution in [3.8, 4) is 11.1 Å². The number of rotatable bonds is 8. The molecule has 0 bridgehead atoms. The van der Waals surface area contributed by atoms with Crippen LogP contribution in [-0.2, 0) is 13.0 Å². The fraction of sp³-hybridized carbons (Fsp3) is 0.367. The van der Waals surface area contributed by atoms with Crippen molar-refractivity contribution in [2.75, 3.05) is 25.4 Å². The predicted octanol–water partition coefficient (Wildman–Crippen LogP) is 5.29. The van der Waals surface area contributed by atoms with Crippen molar-refractivity contribution < 1.29 is 0 Å². The van der Waals surface area contributed by atoms with Crippen LogP contribution in [0, 0.1) is 11.8 Å². The van der Waals surface area contributed by atoms with Gasteiger partial charge in [0.15, 0.2) is 5.82 Å². The highest BCUT2D eigenvalue weighted by atomic mass is 15.3. The molecule has 3 aromatic heterocycles. The normalized spacial score (nSPS) is 16.1. The number of likely N-dealkylation sites (tertiary alicyclic amines) is 1. The Labute approximate surface area is 217 Å². The highest BCUT2D eigenvalue weighted by Gasteiger charge is 2.22. The Morgan fingerprint density at radius 3 is 2.59 bits per heavy atom. The van der Waals surface area contributed by atoms with E-state index in [1.165, 1.54) is 37.2 Å². The minimum Gasteiger partial charge on any atom is -0.382 e. The second-order valence-electron chi connectivity index (χ2n) is 10.7. The maximum Gasteiger partial charge on any atom is 0.151 e. The van der Waals surface area contributed by atoms with Gasteiger partial charge in [0.2, 0.25) is 0 Å². The molecule has 7 heteroatoms. The Morgan fingerprint density at radius 1 is 0.973 bits per heavy atom. The van der Waals surface area contributed by atoms with Gasteiger partial charge < -0.3 is 10.6 Å². The smallest absolute Gasteiger partial charge is 0.151 e. The first-order valence-corrected chi connectivity index (χ1v) is 13.4. The first-order chi connectivity index (χ1) is 18.0. The fourth-order valence-corrected chi connectivity index (χ4v) is 5.67. The molecule has 190 valence electrons. The molecule has 2 atom stereocenters. The summed E-state index contributed by atoms with van der Waals surface area (Å²) < 4.78 is 4.00. The topological polar surface area (TPSA) is 77.3 Å². The third-order valence-electron chi connectivity index (χ3n) is 7.96. The van der Waals surface area contributed by atoms with E-state index in [0.717, 1.165) is 47.1 Å². The van der Waals surface area contributed by atoms with Gasteiger partial charge in [-0.05, 0) is 67.4 Å². The van der Waals surface area contributed by atoms with E-state index in [0.29, 0.717) is 17.7 Å². The van der Waals surface area contributed by atoms with Crippen molar-refractivity contribution in [1.82, 2.24) is 29.3 Å². The van der Waals surface area contributed by atoms with E-state index >= 15 is 0 Å². The van der Waals surface area contributed by atoms with Crippen LogP contribution in [0.3, 0.4) is 0 Å². The van der Waals surface area contributed by atoms with Crippen molar-refractivity contribution in [3.63, 3.8) is 0 Å². The summed E-state index contributed by atoms with van der Waals surface area (Å²) in [5.41, 5.74) is 12.8. The van der Waals surface area contributed by atoms with Gasteiger partial charge >= 0.3 is 0 Å². The summed E-state index contributed by atoms with van der Waals surface area (Å²) in [7, 11) is 0. The minimum absolute atomic E-state index is 0.503. The average molecular weight is 494 g/mol. The molecule has 2 N–H and O–H groups in total. The standard InChI is InChI=1S/C30H35N7/c1-21(22(2)17-35-12-6-7-13-35)14-26-16-27(29-30(31)32-20-33-37(26)29)24-10-11-25-19-36(34-28(25)15-24)18-23-8-4-3-5-9-23/h3-5,8-11,15-16,19-22H,6-7,12-14,17-18H2,1-2H3,(H2,31,32,33)/t21-,22+/m0/s1. The van der Waals surface area contributed by atoms with Crippen molar-refractivity contribution in [2.45, 2.75) is 39.7 Å². The van der Waals surface area contributed by atoms with Crippen LogP contribution < -0.4 is 5.73 Å². The van der Waals surface area contributed by atoms with Crippen LogP contribution in [0.25, 0.3) is 27.5 Å². The zero-order valence-corrected chi connectivity index (χ0v) is 21.7. The Hall–Kier alpha value is -3.71. The number of benzene rings is 2. The van der Waals surface area contributed by atoms with Crippen molar-refractivity contribution in [2.24, 2.45) is 11.8 Å². The van der Waals surface area contributed by atoms with E-state index in [2.05, 4.69) is 83.6 Å². The van der Waals surface area contributed by atoms with Crippen LogP contribution in [0.4, 0.5) is 5.82 Å². The fourth-order valence-electron chi connectivity index (χ4n) is 5.67. The number of nitrogens with two attached hydrogens (primary N) is 1. The lowest BCUT2D eigenvalue weighted by atomic mass is 9.91. The highest BCUT2D eigenvalue weighted by Crippen LogP contribution is 2.33. The van der Waals surface area contributed by atoms with E-state index in [4.69, 9.17) is 10.8 Å². The van der Waals surface area contributed by atoms with Gasteiger partial charge in [0.05, 0.1) is 12.1 Å². The lowest BCUT2D eigenvalue weighted by Gasteiger charge is -2.25. The molecule has 0 amide bonds. The first kappa shape index (κ1) is 23.7. The highest BCUT2D eigenvalue weighted by molar-refractivity contribution is 5.92. The van der Waals surface area contributed by atoms with Gasteiger partial charge in [-0.15, -0.1) is 0 Å². The molecule has 1 aliphatic rings. The number of anilines is 1. The molecule has 7 nitrogen and oxygen atoms in total. The van der Waals surface area contributed by atoms with Crippen molar-refractivity contribution >= 4 is 22.2 Å². The van der Waals surface area contributed by atoms with E-state index in [1.807, 2.05) is 15.3 Å². The number of hydrogen-bond acceptors (Lipinski definition) is 5. The maximum atomic E-state index is 6.41. The van der Waals surface area contributed by atoms with Gasteiger partial charge in [0.1, 0.15) is 11.8 Å². The van der Waals surface area contributed by atoms with Crippen molar-refractivity contribution in [1.29, 1.82) is 0 Å². The molecule has 37 heavy (non-hydrogen) atoms. The number of nitrogens with zero attached hydrogens (tertiary/aromatic N) is 6. The second kappa shape index (κ2) is 9.98. The molecule has 0 spiro atoms. The molecule has 1 saturated heterocycles. The van der Waals surface area contributed by atoms with Crippen LogP contribution in [0.2, 0.25) is 0 Å². The lowest BCUT2D eigenvalue weighted by molar-refractivity contribution is 0.240. The first-order valence-electron chi connectivity index (χ1n) is 13.4. The Morgan fingerprint density at radius 2 is 1.78 bits per heavy atom. The molecule has 5 aromatic rings. The quantitative estimate of drug-likeness (QED) is 0.318. The van der Waals surface area contributed by atoms with Gasteiger partial charge in [-0.3, -0.25) is 4.68 Å². The van der Waals surface area contributed by atoms with Crippen LogP contribution >= 0.6 is 0 Å². The molecular weight excluding hydrogens is 458 g/mol. The molecule has 0 saturated carbocycles. The lowest BCUT2D eigenvalue weighted by Crippen LogP contribution is -2.29. The summed E-state index contributed by atoms with van der Waals surface area (Å²) in [5, 5.41) is 10.6. The Bertz CT molecular complexity index is 1510. The molecule has 6 rings (SSSR count). The van der Waals surface area contributed by atoms with Crippen molar-refractivity contribution in [3.05, 3.63) is 78.4 Å². The summed E-state index contributed by atoms with van der Waals surface area (Å²) in [6, 6.07) is 19.1. The number of hydrogen-bond donors (Lipinski definition) is 1. The average Bonchev–Trinajstić information content (AvgIpc) is 3.64. The predicted molar refractivity (Wildman–Crippen MR) is 149 cm³/mol. The molecule has 4 heterocycles. The molecule has 1 aliphatic heterocycles. The maximum absolute atomic E-state index is 6.41. The zero-order valence-electron chi connectivity index (χ0n) is 21.7. The van der Waals surface area contributed by atoms with E-state index in [-0.39, 0.29) is 0 Å². The van der Waals surface area contributed by atoms with Crippen LogP contribution in [-0.4, -0.2) is 48.9 Å². The van der Waals surface area contributed by atoms with Crippen LogP contribution in [0.1, 0.15) is 37.9 Å². The van der Waals surface area contributed by atoms with Gasteiger partial charge in [0.25, 0.3) is 0 Å². The Balaban J connectivity index is 1.31. The van der Waals surface area contributed by atoms with Gasteiger partial charge in [-0.2, -0.15) is 10.2 Å². The largest absolute Gasteiger partial charge is 0.382 e. The molecular formula is C30H35N7. The molecule has 1 fully saturated rings. The molecule has 0 aliphatic carbocycles. The number of nitrogen functional groups attached to an aromatic ring is 1. The Kier molecular flexibility index (Phi) is 6.38. The second-order valence-corrected chi connectivity index (χ2v) is 10.7. The van der Waals surface area contributed by atoms with Gasteiger partial charge in [-0.1, -0.05) is 56.3 Å². The monoisotopic (exact) mass is 493 g/mol. The molecule has 2 aromatic carbocycles. The third kappa shape index (κ3) is 4.83. The van der Waals surface area contributed by atoms with E-state index in [9.17, 15) is 0 Å². The number of aromatic nitrogens is 5. The summed E-state index contributed by atoms with van der Waals surface area (Å²) in [5.74, 6) is 1.64. The summed E-state index contributed by atoms with van der Waals surface area (Å²) in [6.07, 6.45) is 7.27. The van der Waals surface area contributed by atoms with Crippen LogP contribution in [0.5, 0.6) is 0 Å². The minimum atomic E-state index is 0.503. The summed E-state index contributed by atoms with van der Waals surface area (Å²) >= 11 is 0. The number of fused-ring (bicyclic) bond motifs is 2. The van der Waals surface area contributed by atoms with E-state index in [1.54, 1.807) is 6.33 Å². The third-order valence-corrected chi connectivity index (χ3v) is 7.96. The van der Waals surface area contributed by atoms with E-state index < -0.39 is 0 Å². The summed E-state index contributed by atoms with van der Waals surface area (Å²) in [6.45, 7) is 9.12. The van der Waals surface area contributed by atoms with Crippen LogP contribution in [0.15, 0.2) is 67.1 Å². The SMILES string of the molecule is C[C@H](CN1CCCC1)[C@@H](C)Cc1cc(-c2ccc3cn(Cc4ccccc4)nc3c2)c2c(N)ncnn12. The summed E-state index contributed by atoms with van der Waals surface area (Å²) in [4.78, 5) is 6.93. The molecule has 0 unspecified atom stereocenters. The zero-order chi connectivity index (χ0) is 25.4. The van der Waals surface area contributed by atoms with Gasteiger partial charge in [-0.25, -0.2) is 9.50 Å². The molecule has 0 radical (unpaired) electrons. The van der Waals surface area contributed by atoms with Gasteiger partial charge in [0, 0.05) is 29.4 Å².